The Balaban J connectivity index is 1.75. The Kier molecular flexibility index (Phi) is 5.90. The molecule has 6 heteroatoms. The molecule has 3 aromatic carbocycles. The molecular formula is C23H20BrClN2O2. The minimum absolute atomic E-state index is 0.0946. The molecule has 1 heterocycles. The van der Waals surface area contributed by atoms with E-state index in [4.69, 9.17) is 21.3 Å². The van der Waals surface area contributed by atoms with Gasteiger partial charge in [-0.15, -0.1) is 0 Å². The number of benzene rings is 3. The molecule has 4 rings (SSSR count). The van der Waals surface area contributed by atoms with Crippen molar-refractivity contribution in [3.63, 3.8) is 0 Å². The summed E-state index contributed by atoms with van der Waals surface area (Å²) in [7, 11) is 1.65. The quantitative estimate of drug-likeness (QED) is 0.488. The van der Waals surface area contributed by atoms with Gasteiger partial charge in [0.25, 0.3) is 0 Å². The van der Waals surface area contributed by atoms with Crippen molar-refractivity contribution in [2.24, 2.45) is 4.99 Å². The third kappa shape index (κ3) is 4.47. The molecular weight excluding hydrogens is 452 g/mol. The average Bonchev–Trinajstić information content (AvgIpc) is 2.75. The fraction of sp³-hybridized carbons (Fsp3) is 0.174. The number of aliphatic imine (C=N–C) groups is 1. The van der Waals surface area contributed by atoms with Crippen LogP contribution in [-0.2, 0) is 0 Å². The van der Waals surface area contributed by atoms with Crippen molar-refractivity contribution >= 4 is 33.2 Å². The monoisotopic (exact) mass is 470 g/mol. The molecule has 2 N–H and O–H groups in total. The Morgan fingerprint density at radius 2 is 1.79 bits per heavy atom. The highest BCUT2D eigenvalue weighted by Crippen LogP contribution is 2.36. The molecule has 0 unspecified atom stereocenters. The topological polar surface area (TPSA) is 53.8 Å². The van der Waals surface area contributed by atoms with Gasteiger partial charge in [-0.3, -0.25) is 10.3 Å². The number of nitrogens with zero attached hydrogens (tertiary/aromatic N) is 1. The lowest BCUT2D eigenvalue weighted by atomic mass is 9.93. The minimum Gasteiger partial charge on any atom is -0.508 e. The smallest absolute Gasteiger partial charge is 0.126 e. The molecule has 0 bridgehead atoms. The molecule has 0 amide bonds. The number of halogens is 2. The molecule has 1 aliphatic rings. The van der Waals surface area contributed by atoms with Crippen LogP contribution in [0, 0.1) is 0 Å². The molecule has 0 saturated heterocycles. The van der Waals surface area contributed by atoms with E-state index >= 15 is 0 Å². The lowest BCUT2D eigenvalue weighted by Crippen LogP contribution is -2.33. The highest BCUT2D eigenvalue weighted by atomic mass is 79.9. The van der Waals surface area contributed by atoms with Crippen LogP contribution < -0.4 is 10.1 Å². The molecule has 148 valence electrons. The lowest BCUT2D eigenvalue weighted by molar-refractivity contribution is 0.412. The summed E-state index contributed by atoms with van der Waals surface area (Å²) in [6, 6.07) is 20.9. The first kappa shape index (κ1) is 20.0. The van der Waals surface area contributed by atoms with Gasteiger partial charge >= 0.3 is 0 Å². The molecule has 0 saturated carbocycles. The van der Waals surface area contributed by atoms with Gasteiger partial charge in [-0.2, -0.15) is 0 Å². The maximum atomic E-state index is 10.5. The van der Waals surface area contributed by atoms with E-state index in [1.807, 2.05) is 60.7 Å². The number of nitrogens with one attached hydrogen (secondary N) is 1. The highest BCUT2D eigenvalue weighted by molar-refractivity contribution is 9.10. The number of rotatable bonds is 4. The Morgan fingerprint density at radius 1 is 1.07 bits per heavy atom. The minimum atomic E-state index is -0.249. The number of phenolic OH excluding ortho intramolecular Hbond substituents is 1. The van der Waals surface area contributed by atoms with E-state index in [1.165, 1.54) is 0 Å². The molecule has 0 spiro atoms. The second-order valence-electron chi connectivity index (χ2n) is 6.88. The van der Waals surface area contributed by atoms with Crippen LogP contribution in [0.15, 0.2) is 76.2 Å². The fourth-order valence-electron chi connectivity index (χ4n) is 3.48. The van der Waals surface area contributed by atoms with Crippen molar-refractivity contribution in [3.8, 4) is 11.5 Å². The summed E-state index contributed by atoms with van der Waals surface area (Å²) < 4.78 is 6.19. The third-order valence-electron chi connectivity index (χ3n) is 5.02. The molecule has 2 atom stereocenters. The van der Waals surface area contributed by atoms with Crippen molar-refractivity contribution in [1.29, 1.82) is 0 Å². The van der Waals surface area contributed by atoms with Gasteiger partial charge in [-0.25, -0.2) is 0 Å². The summed E-state index contributed by atoms with van der Waals surface area (Å²) >= 11 is 9.57. The van der Waals surface area contributed by atoms with Crippen molar-refractivity contribution in [2.45, 2.75) is 18.6 Å². The van der Waals surface area contributed by atoms with Crippen LogP contribution in [0.25, 0.3) is 0 Å². The summed E-state index contributed by atoms with van der Waals surface area (Å²) in [6.45, 7) is 0. The summed E-state index contributed by atoms with van der Waals surface area (Å²) in [6.07, 6.45) is 0.405. The SMILES string of the molecule is COc1ccc(C2=N[C@H](c3ccc(Cl)cc3)N[C@@H](c3cc(Br)ccc3O)C2)cc1. The van der Waals surface area contributed by atoms with Crippen LogP contribution in [-0.4, -0.2) is 17.9 Å². The second-order valence-corrected chi connectivity index (χ2v) is 8.24. The van der Waals surface area contributed by atoms with E-state index in [1.54, 1.807) is 13.2 Å². The number of aromatic hydroxyl groups is 1. The van der Waals surface area contributed by atoms with E-state index < -0.39 is 0 Å². The Hall–Kier alpha value is -2.34. The van der Waals surface area contributed by atoms with Gasteiger partial charge in [0.15, 0.2) is 0 Å². The van der Waals surface area contributed by atoms with Crippen molar-refractivity contribution in [3.05, 3.63) is 92.9 Å². The van der Waals surface area contributed by atoms with Crippen LogP contribution in [0.1, 0.15) is 35.3 Å². The zero-order valence-electron chi connectivity index (χ0n) is 15.8. The highest BCUT2D eigenvalue weighted by Gasteiger charge is 2.27. The first-order chi connectivity index (χ1) is 14.0. The van der Waals surface area contributed by atoms with Crippen LogP contribution in [0.2, 0.25) is 5.02 Å². The molecule has 29 heavy (non-hydrogen) atoms. The Labute approximate surface area is 183 Å². The van der Waals surface area contributed by atoms with E-state index in [9.17, 15) is 5.11 Å². The number of methoxy groups -OCH3 is 1. The summed E-state index contributed by atoms with van der Waals surface area (Å²) in [5, 5.41) is 14.7. The van der Waals surface area contributed by atoms with Crippen LogP contribution in [0.4, 0.5) is 0 Å². The largest absolute Gasteiger partial charge is 0.508 e. The molecule has 0 radical (unpaired) electrons. The lowest BCUT2D eigenvalue weighted by Gasteiger charge is -2.31. The molecule has 0 aromatic heterocycles. The number of hydrogen-bond donors (Lipinski definition) is 2. The van der Waals surface area contributed by atoms with Gasteiger partial charge in [-0.05, 0) is 65.7 Å². The van der Waals surface area contributed by atoms with Crippen LogP contribution in [0.3, 0.4) is 0 Å². The zero-order chi connectivity index (χ0) is 20.4. The van der Waals surface area contributed by atoms with Gasteiger partial charge in [0.05, 0.1) is 7.11 Å². The first-order valence-electron chi connectivity index (χ1n) is 9.24. The predicted octanol–water partition coefficient (Wildman–Crippen LogP) is 6.04. The molecule has 3 aromatic rings. The van der Waals surface area contributed by atoms with Gasteiger partial charge in [0.2, 0.25) is 0 Å². The number of hydrogen-bond acceptors (Lipinski definition) is 4. The summed E-state index contributed by atoms with van der Waals surface area (Å²) in [5.74, 6) is 1.07. The maximum absolute atomic E-state index is 10.5. The number of phenols is 1. The third-order valence-corrected chi connectivity index (χ3v) is 5.76. The normalized spacial score (nSPS) is 18.9. The zero-order valence-corrected chi connectivity index (χ0v) is 18.1. The van der Waals surface area contributed by atoms with Crippen molar-refractivity contribution in [2.75, 3.05) is 7.11 Å². The van der Waals surface area contributed by atoms with Crippen LogP contribution >= 0.6 is 27.5 Å². The molecule has 4 nitrogen and oxygen atoms in total. The second kappa shape index (κ2) is 8.57. The summed E-state index contributed by atoms with van der Waals surface area (Å²) in [4.78, 5) is 4.96. The van der Waals surface area contributed by atoms with E-state index in [2.05, 4.69) is 21.2 Å². The molecule has 0 fully saturated rings. The Bertz CT molecular complexity index is 1040. The van der Waals surface area contributed by atoms with E-state index in [0.717, 1.165) is 32.6 Å². The van der Waals surface area contributed by atoms with E-state index in [-0.39, 0.29) is 18.0 Å². The van der Waals surface area contributed by atoms with Gasteiger partial charge in [0, 0.05) is 33.2 Å². The molecule has 0 aliphatic carbocycles. The fourth-order valence-corrected chi connectivity index (χ4v) is 3.99. The first-order valence-corrected chi connectivity index (χ1v) is 10.4. The maximum Gasteiger partial charge on any atom is 0.126 e. The van der Waals surface area contributed by atoms with Gasteiger partial charge in [0.1, 0.15) is 17.7 Å². The van der Waals surface area contributed by atoms with E-state index in [0.29, 0.717) is 11.4 Å². The van der Waals surface area contributed by atoms with Gasteiger partial charge < -0.3 is 9.84 Å². The van der Waals surface area contributed by atoms with Crippen molar-refractivity contribution in [1.82, 2.24) is 5.32 Å². The molecule has 1 aliphatic heterocycles. The number of ether oxygens (including phenoxy) is 1. The summed E-state index contributed by atoms with van der Waals surface area (Å²) in [5.41, 5.74) is 3.85. The predicted molar refractivity (Wildman–Crippen MR) is 120 cm³/mol. The standard InChI is InChI=1S/C23H20BrClN2O2/c1-29-18-9-4-14(5-10-18)20-13-21(19-12-16(24)6-11-22(19)28)27-23(26-20)15-2-7-17(25)8-3-15/h2-12,21,23,27-28H,13H2,1H3/t21-,23+/m1/s1. The van der Waals surface area contributed by atoms with Crippen molar-refractivity contribution < 1.29 is 9.84 Å². The van der Waals surface area contributed by atoms with Gasteiger partial charge in [-0.1, -0.05) is 39.7 Å². The van der Waals surface area contributed by atoms with Crippen LogP contribution in [0.5, 0.6) is 11.5 Å². The average molecular weight is 472 g/mol. The Morgan fingerprint density at radius 3 is 2.48 bits per heavy atom.